The zero-order valence-electron chi connectivity index (χ0n) is 16.6. The first-order valence-corrected chi connectivity index (χ1v) is 10.1. The molecular weight excluding hydrogens is 360 g/mol. The Morgan fingerprint density at radius 3 is 2.69 bits per heavy atom. The number of rotatable bonds is 5. The maximum atomic E-state index is 12.0. The van der Waals surface area contributed by atoms with Gasteiger partial charge in [0.15, 0.2) is 5.96 Å². The minimum Gasteiger partial charge on any atom is -0.357 e. The van der Waals surface area contributed by atoms with Crippen molar-refractivity contribution in [2.24, 2.45) is 4.99 Å². The molecule has 0 saturated carbocycles. The smallest absolute Gasteiger partial charge is 0.225 e. The zero-order valence-corrected chi connectivity index (χ0v) is 16.6. The van der Waals surface area contributed by atoms with Gasteiger partial charge in [-0.15, -0.1) is 0 Å². The Morgan fingerprint density at radius 2 is 1.83 bits per heavy atom. The fraction of sp³-hybridized carbons (Fsp3) is 0.250. The topological polar surface area (TPSA) is 65.5 Å². The van der Waals surface area contributed by atoms with E-state index in [1.165, 1.54) is 21.9 Å². The van der Waals surface area contributed by atoms with E-state index >= 15 is 0 Å². The van der Waals surface area contributed by atoms with Gasteiger partial charge in [0, 0.05) is 31.1 Å². The van der Waals surface area contributed by atoms with Gasteiger partial charge in [-0.3, -0.25) is 4.79 Å². The van der Waals surface area contributed by atoms with Crippen molar-refractivity contribution < 1.29 is 4.79 Å². The number of guanidine groups is 1. The highest BCUT2D eigenvalue weighted by Crippen LogP contribution is 2.31. The molecule has 3 N–H and O–H groups in total. The highest BCUT2D eigenvalue weighted by Gasteiger charge is 2.24. The third-order valence-electron chi connectivity index (χ3n) is 5.20. The van der Waals surface area contributed by atoms with Gasteiger partial charge in [0.2, 0.25) is 5.91 Å². The van der Waals surface area contributed by atoms with Crippen LogP contribution >= 0.6 is 0 Å². The van der Waals surface area contributed by atoms with Crippen molar-refractivity contribution in [2.45, 2.75) is 25.8 Å². The first-order valence-electron chi connectivity index (χ1n) is 10.1. The van der Waals surface area contributed by atoms with Crippen LogP contribution in [-0.4, -0.2) is 25.0 Å². The van der Waals surface area contributed by atoms with Crippen LogP contribution in [0.25, 0.3) is 10.8 Å². The fourth-order valence-corrected chi connectivity index (χ4v) is 3.75. The Morgan fingerprint density at radius 1 is 1.03 bits per heavy atom. The molecule has 0 radical (unpaired) electrons. The summed E-state index contributed by atoms with van der Waals surface area (Å²) >= 11 is 0. The number of hydrogen-bond acceptors (Lipinski definition) is 2. The lowest BCUT2D eigenvalue weighted by molar-refractivity contribution is -0.116. The molecule has 3 aromatic rings. The molecule has 1 atom stereocenters. The van der Waals surface area contributed by atoms with E-state index in [0.717, 1.165) is 18.2 Å². The van der Waals surface area contributed by atoms with Crippen LogP contribution in [0, 0.1) is 0 Å². The van der Waals surface area contributed by atoms with Crippen molar-refractivity contribution >= 4 is 28.3 Å². The Balaban J connectivity index is 1.45. The maximum Gasteiger partial charge on any atom is 0.225 e. The Hall–Kier alpha value is -3.34. The van der Waals surface area contributed by atoms with E-state index in [1.54, 1.807) is 0 Å². The molecule has 0 aliphatic carbocycles. The fourth-order valence-electron chi connectivity index (χ4n) is 3.75. The zero-order chi connectivity index (χ0) is 20.1. The average Bonchev–Trinajstić information content (AvgIpc) is 2.75. The van der Waals surface area contributed by atoms with Crippen molar-refractivity contribution in [1.82, 2.24) is 10.6 Å². The maximum absolute atomic E-state index is 12.0. The van der Waals surface area contributed by atoms with Crippen LogP contribution in [0.15, 0.2) is 71.7 Å². The highest BCUT2D eigenvalue weighted by molar-refractivity contribution is 5.94. The molecule has 29 heavy (non-hydrogen) atoms. The van der Waals surface area contributed by atoms with Gasteiger partial charge >= 0.3 is 0 Å². The van der Waals surface area contributed by atoms with Crippen molar-refractivity contribution in [2.75, 3.05) is 18.4 Å². The summed E-state index contributed by atoms with van der Waals surface area (Å²) in [7, 11) is 0. The van der Waals surface area contributed by atoms with Crippen molar-refractivity contribution in [3.05, 3.63) is 77.9 Å². The number of benzene rings is 3. The van der Waals surface area contributed by atoms with Crippen molar-refractivity contribution in [1.29, 1.82) is 0 Å². The third-order valence-corrected chi connectivity index (χ3v) is 5.20. The molecule has 5 heteroatoms. The Kier molecular flexibility index (Phi) is 5.75. The number of hydrogen-bond donors (Lipinski definition) is 3. The van der Waals surface area contributed by atoms with Crippen LogP contribution in [0.4, 0.5) is 5.69 Å². The van der Waals surface area contributed by atoms with E-state index in [0.29, 0.717) is 19.5 Å². The summed E-state index contributed by atoms with van der Waals surface area (Å²) in [6.07, 6.45) is 0.480. The molecule has 1 aliphatic heterocycles. The first kappa shape index (κ1) is 19.0. The van der Waals surface area contributed by atoms with Crippen molar-refractivity contribution in [3.8, 4) is 0 Å². The minimum absolute atomic E-state index is 0.0635. The number of nitrogens with zero attached hydrogens (tertiary/aromatic N) is 1. The molecule has 0 aromatic heterocycles. The molecule has 0 fully saturated rings. The molecule has 1 amide bonds. The second-order valence-electron chi connectivity index (χ2n) is 7.29. The summed E-state index contributed by atoms with van der Waals surface area (Å²) in [6.45, 7) is 4.10. The quantitative estimate of drug-likeness (QED) is 0.458. The molecule has 1 unspecified atom stereocenters. The van der Waals surface area contributed by atoms with Gasteiger partial charge < -0.3 is 16.0 Å². The number of nitrogens with one attached hydrogen (secondary N) is 3. The van der Waals surface area contributed by atoms with Gasteiger partial charge in [0.1, 0.15) is 0 Å². The van der Waals surface area contributed by atoms with Gasteiger partial charge in [-0.2, -0.15) is 0 Å². The molecule has 0 bridgehead atoms. The van der Waals surface area contributed by atoms with E-state index in [4.69, 9.17) is 4.99 Å². The average molecular weight is 386 g/mol. The summed E-state index contributed by atoms with van der Waals surface area (Å²) in [5.74, 6) is 0.960. The van der Waals surface area contributed by atoms with Crippen LogP contribution in [-0.2, 0) is 11.3 Å². The largest absolute Gasteiger partial charge is 0.357 e. The molecule has 4 rings (SSSR count). The van der Waals surface area contributed by atoms with Gasteiger partial charge in [-0.1, -0.05) is 54.6 Å². The molecule has 1 heterocycles. The number of aliphatic imine (C=N–C) groups is 1. The number of amides is 1. The second kappa shape index (κ2) is 8.78. The normalized spacial score (nSPS) is 16.2. The van der Waals surface area contributed by atoms with Crippen LogP contribution in [0.5, 0.6) is 0 Å². The van der Waals surface area contributed by atoms with Gasteiger partial charge in [0.25, 0.3) is 0 Å². The summed E-state index contributed by atoms with van der Waals surface area (Å²) in [4.78, 5) is 16.8. The number of anilines is 1. The molecule has 5 nitrogen and oxygen atoms in total. The van der Waals surface area contributed by atoms with Crippen LogP contribution in [0.2, 0.25) is 0 Å². The lowest BCUT2D eigenvalue weighted by Gasteiger charge is -2.26. The number of para-hydroxylation sites is 1. The number of fused-ring (bicyclic) bond motifs is 2. The lowest BCUT2D eigenvalue weighted by Crippen LogP contribution is -2.40. The highest BCUT2D eigenvalue weighted by atomic mass is 16.1. The Labute approximate surface area is 171 Å². The first-order chi connectivity index (χ1) is 14.2. The molecule has 0 saturated heterocycles. The van der Waals surface area contributed by atoms with E-state index in [-0.39, 0.29) is 11.8 Å². The number of carbonyl (C=O) groups is 1. The lowest BCUT2D eigenvalue weighted by atomic mass is 9.90. The van der Waals surface area contributed by atoms with Crippen LogP contribution < -0.4 is 16.0 Å². The summed E-state index contributed by atoms with van der Waals surface area (Å²) in [5, 5.41) is 12.1. The van der Waals surface area contributed by atoms with E-state index < -0.39 is 0 Å². The molecule has 0 spiro atoms. The minimum atomic E-state index is 0.0635. The summed E-state index contributed by atoms with van der Waals surface area (Å²) < 4.78 is 0. The second-order valence-corrected chi connectivity index (χ2v) is 7.29. The third kappa shape index (κ3) is 4.57. The summed E-state index contributed by atoms with van der Waals surface area (Å²) in [5.41, 5.74) is 3.25. The SMILES string of the molecule is CCNC(=NCc1ccc2ccccc2c1)NCC1CC(=O)Nc2ccccc21. The van der Waals surface area contributed by atoms with Crippen molar-refractivity contribution in [3.63, 3.8) is 0 Å². The predicted octanol–water partition coefficient (Wildman–Crippen LogP) is 4.02. The predicted molar refractivity (Wildman–Crippen MR) is 119 cm³/mol. The molecular formula is C24H26N4O. The standard InChI is InChI=1S/C24H26N4O/c1-2-25-24(26-15-17-11-12-18-7-3-4-8-19(18)13-17)27-16-20-14-23(29)28-22-10-6-5-9-21(20)22/h3-13,20H,2,14-16H2,1H3,(H,28,29)(H2,25,26,27). The van der Waals surface area contributed by atoms with Gasteiger partial charge in [0.05, 0.1) is 6.54 Å². The molecule has 1 aliphatic rings. The Bertz CT molecular complexity index is 1040. The van der Waals surface area contributed by atoms with E-state index in [1.807, 2.05) is 18.2 Å². The van der Waals surface area contributed by atoms with E-state index in [9.17, 15) is 4.79 Å². The number of carbonyl (C=O) groups excluding carboxylic acids is 1. The van der Waals surface area contributed by atoms with Crippen LogP contribution in [0.1, 0.15) is 30.4 Å². The van der Waals surface area contributed by atoms with Gasteiger partial charge in [-0.25, -0.2) is 4.99 Å². The van der Waals surface area contributed by atoms with E-state index in [2.05, 4.69) is 71.4 Å². The summed E-state index contributed by atoms with van der Waals surface area (Å²) in [6, 6.07) is 22.8. The van der Waals surface area contributed by atoms with Crippen LogP contribution in [0.3, 0.4) is 0 Å². The van der Waals surface area contributed by atoms with Gasteiger partial charge in [-0.05, 0) is 41.0 Å². The molecule has 3 aromatic carbocycles. The monoisotopic (exact) mass is 386 g/mol. The molecule has 148 valence electrons.